The summed E-state index contributed by atoms with van der Waals surface area (Å²) in [6.07, 6.45) is 0.705. The zero-order valence-electron chi connectivity index (χ0n) is 6.96. The third-order valence-corrected chi connectivity index (χ3v) is 2.11. The molecule has 0 aliphatic rings. The smallest absolute Gasteiger partial charge is 0.150 e. The first-order chi connectivity index (χ1) is 6.19. The molecule has 0 radical (unpaired) electrons. The van der Waals surface area contributed by atoms with Gasteiger partial charge in [-0.2, -0.15) is 0 Å². The van der Waals surface area contributed by atoms with Gasteiger partial charge in [-0.05, 0) is 24.9 Å². The minimum absolute atomic E-state index is 0.406. The van der Waals surface area contributed by atoms with Crippen molar-refractivity contribution in [2.45, 2.75) is 0 Å². The molecule has 1 aromatic rings. The topological polar surface area (TPSA) is 29.4 Å². The van der Waals surface area contributed by atoms with E-state index in [4.69, 9.17) is 0 Å². The van der Waals surface area contributed by atoms with E-state index in [0.29, 0.717) is 23.1 Å². The largest absolute Gasteiger partial charge is 0.298 e. The van der Waals surface area contributed by atoms with E-state index in [9.17, 15) is 4.79 Å². The molecule has 13 heavy (non-hydrogen) atoms. The molecule has 0 N–H and O–H groups in total. The van der Waals surface area contributed by atoms with Gasteiger partial charge in [0.15, 0.2) is 0 Å². The standard InChI is InChI=1S/C10H8BrNO/c1-7(6-13)9-5-8(11)3-4-10(9)12-2/h3-6H,1-2H2. The minimum atomic E-state index is 0.406. The van der Waals surface area contributed by atoms with E-state index < -0.39 is 0 Å². The SMILES string of the molecule is C=Nc1ccc(Br)cc1C(=C)C=O. The second-order valence-electron chi connectivity index (χ2n) is 2.46. The molecule has 0 saturated carbocycles. The fourth-order valence-corrected chi connectivity index (χ4v) is 1.33. The zero-order valence-corrected chi connectivity index (χ0v) is 8.54. The summed E-state index contributed by atoms with van der Waals surface area (Å²) in [6.45, 7) is 7.03. The van der Waals surface area contributed by atoms with Crippen LogP contribution in [-0.2, 0) is 4.79 Å². The molecule has 0 atom stereocenters. The number of aliphatic imine (C=N–C) groups is 1. The van der Waals surface area contributed by atoms with Crippen LogP contribution < -0.4 is 0 Å². The average molecular weight is 238 g/mol. The third kappa shape index (κ3) is 2.12. The molecular formula is C10H8BrNO. The van der Waals surface area contributed by atoms with Crippen LogP contribution >= 0.6 is 15.9 Å². The number of carbonyl (C=O) groups excluding carboxylic acids is 1. The Labute approximate surface area is 85.1 Å². The van der Waals surface area contributed by atoms with Gasteiger partial charge in [0.1, 0.15) is 6.29 Å². The first kappa shape index (κ1) is 9.86. The van der Waals surface area contributed by atoms with Gasteiger partial charge in [0.2, 0.25) is 0 Å². The molecule has 3 heteroatoms. The third-order valence-electron chi connectivity index (χ3n) is 1.62. The Morgan fingerprint density at radius 1 is 1.54 bits per heavy atom. The van der Waals surface area contributed by atoms with Gasteiger partial charge in [-0.15, -0.1) is 0 Å². The van der Waals surface area contributed by atoms with E-state index >= 15 is 0 Å². The quantitative estimate of drug-likeness (QED) is 0.452. The van der Waals surface area contributed by atoms with Crippen molar-refractivity contribution in [2.75, 3.05) is 0 Å². The highest BCUT2D eigenvalue weighted by Gasteiger charge is 2.04. The number of hydrogen-bond acceptors (Lipinski definition) is 2. The van der Waals surface area contributed by atoms with Crippen LogP contribution in [0, 0.1) is 0 Å². The molecular weight excluding hydrogens is 230 g/mol. The lowest BCUT2D eigenvalue weighted by atomic mass is 10.1. The monoisotopic (exact) mass is 237 g/mol. The summed E-state index contributed by atoms with van der Waals surface area (Å²) < 4.78 is 0.887. The number of hydrogen-bond donors (Lipinski definition) is 0. The lowest BCUT2D eigenvalue weighted by Gasteiger charge is -2.03. The predicted octanol–water partition coefficient (Wildman–Crippen LogP) is 2.99. The van der Waals surface area contributed by atoms with E-state index in [0.717, 1.165) is 4.47 Å². The van der Waals surface area contributed by atoms with Crippen LogP contribution in [-0.4, -0.2) is 13.0 Å². The van der Waals surface area contributed by atoms with Gasteiger partial charge in [0.25, 0.3) is 0 Å². The number of carbonyl (C=O) groups is 1. The summed E-state index contributed by atoms with van der Waals surface area (Å²) in [5, 5.41) is 0. The van der Waals surface area contributed by atoms with Crippen molar-refractivity contribution < 1.29 is 4.79 Å². The van der Waals surface area contributed by atoms with Crippen molar-refractivity contribution in [3.63, 3.8) is 0 Å². The number of aldehydes is 1. The van der Waals surface area contributed by atoms with E-state index in [1.165, 1.54) is 0 Å². The van der Waals surface area contributed by atoms with Crippen molar-refractivity contribution in [1.29, 1.82) is 0 Å². The van der Waals surface area contributed by atoms with Gasteiger partial charge in [-0.1, -0.05) is 22.5 Å². The molecule has 0 spiro atoms. The predicted molar refractivity (Wildman–Crippen MR) is 58.4 cm³/mol. The van der Waals surface area contributed by atoms with Crippen LogP contribution in [0.15, 0.2) is 34.2 Å². The molecule has 0 aliphatic carbocycles. The van der Waals surface area contributed by atoms with Gasteiger partial charge in [0, 0.05) is 15.6 Å². The molecule has 0 amide bonds. The fraction of sp³-hybridized carbons (Fsp3) is 0. The Kier molecular flexibility index (Phi) is 3.14. The van der Waals surface area contributed by atoms with E-state index in [2.05, 4.69) is 34.2 Å². The average Bonchev–Trinajstić information content (AvgIpc) is 2.16. The molecule has 0 aliphatic heterocycles. The molecule has 0 fully saturated rings. The summed E-state index contributed by atoms with van der Waals surface area (Å²) in [5.41, 5.74) is 1.78. The lowest BCUT2D eigenvalue weighted by Crippen LogP contribution is -1.84. The van der Waals surface area contributed by atoms with Gasteiger partial charge in [-0.3, -0.25) is 9.79 Å². The van der Waals surface area contributed by atoms with Crippen molar-refractivity contribution in [1.82, 2.24) is 0 Å². The van der Waals surface area contributed by atoms with Crippen LogP contribution in [0.25, 0.3) is 5.57 Å². The molecule has 1 rings (SSSR count). The number of benzene rings is 1. The summed E-state index contributed by atoms with van der Waals surface area (Å²) in [6, 6.07) is 5.41. The van der Waals surface area contributed by atoms with Crippen molar-refractivity contribution in [2.24, 2.45) is 4.99 Å². The summed E-state index contributed by atoms with van der Waals surface area (Å²) in [7, 11) is 0. The van der Waals surface area contributed by atoms with Crippen molar-refractivity contribution in [3.8, 4) is 0 Å². The number of halogens is 1. The van der Waals surface area contributed by atoms with Crippen molar-refractivity contribution in [3.05, 3.63) is 34.8 Å². The molecule has 0 unspecified atom stereocenters. The maximum atomic E-state index is 10.5. The van der Waals surface area contributed by atoms with Crippen LogP contribution in [0.3, 0.4) is 0 Å². The Hall–Kier alpha value is -1.22. The van der Waals surface area contributed by atoms with Gasteiger partial charge >= 0.3 is 0 Å². The van der Waals surface area contributed by atoms with Crippen LogP contribution in [0.1, 0.15) is 5.56 Å². The number of allylic oxidation sites excluding steroid dienone is 1. The van der Waals surface area contributed by atoms with E-state index in [-0.39, 0.29) is 0 Å². The Morgan fingerprint density at radius 3 is 2.77 bits per heavy atom. The zero-order chi connectivity index (χ0) is 9.84. The van der Waals surface area contributed by atoms with Crippen LogP contribution in [0.5, 0.6) is 0 Å². The maximum absolute atomic E-state index is 10.5. The molecule has 0 saturated heterocycles. The Bertz CT molecular complexity index is 371. The normalized spacial score (nSPS) is 9.31. The van der Waals surface area contributed by atoms with E-state index in [1.54, 1.807) is 12.1 Å². The van der Waals surface area contributed by atoms with Crippen LogP contribution in [0.2, 0.25) is 0 Å². The summed E-state index contributed by atoms with van der Waals surface area (Å²) >= 11 is 3.30. The summed E-state index contributed by atoms with van der Waals surface area (Å²) in [4.78, 5) is 14.3. The Balaban J connectivity index is 3.30. The number of rotatable bonds is 3. The molecule has 1 aromatic carbocycles. The fourth-order valence-electron chi connectivity index (χ4n) is 0.967. The maximum Gasteiger partial charge on any atom is 0.150 e. The second-order valence-corrected chi connectivity index (χ2v) is 3.38. The molecule has 0 heterocycles. The highest BCUT2D eigenvalue weighted by molar-refractivity contribution is 9.10. The highest BCUT2D eigenvalue weighted by atomic mass is 79.9. The highest BCUT2D eigenvalue weighted by Crippen LogP contribution is 2.27. The van der Waals surface area contributed by atoms with Gasteiger partial charge < -0.3 is 0 Å². The van der Waals surface area contributed by atoms with Gasteiger partial charge in [0.05, 0.1) is 5.69 Å². The van der Waals surface area contributed by atoms with E-state index in [1.807, 2.05) is 6.07 Å². The second kappa shape index (κ2) is 4.14. The first-order valence-electron chi connectivity index (χ1n) is 3.59. The Morgan fingerprint density at radius 2 is 2.23 bits per heavy atom. The summed E-state index contributed by atoms with van der Waals surface area (Å²) in [5.74, 6) is 0. The van der Waals surface area contributed by atoms with Gasteiger partial charge in [-0.25, -0.2) is 0 Å². The first-order valence-corrected chi connectivity index (χ1v) is 4.39. The van der Waals surface area contributed by atoms with Crippen molar-refractivity contribution >= 4 is 40.2 Å². The minimum Gasteiger partial charge on any atom is -0.298 e. The lowest BCUT2D eigenvalue weighted by molar-refractivity contribution is -0.103. The molecule has 0 bridgehead atoms. The number of nitrogens with zero attached hydrogens (tertiary/aromatic N) is 1. The molecule has 66 valence electrons. The molecule has 2 nitrogen and oxygen atoms in total. The molecule has 0 aromatic heterocycles. The van der Waals surface area contributed by atoms with Crippen LogP contribution in [0.4, 0.5) is 5.69 Å².